The minimum absolute atomic E-state index is 0.0415. The molecule has 0 atom stereocenters. The van der Waals surface area contributed by atoms with Crippen molar-refractivity contribution < 1.29 is 27.8 Å². The number of aryl methyl sites for hydroxylation is 1. The molecule has 0 spiro atoms. The van der Waals surface area contributed by atoms with E-state index in [1.807, 2.05) is 6.92 Å². The van der Waals surface area contributed by atoms with Gasteiger partial charge >= 0.3 is 12.3 Å². The molecule has 0 aliphatic carbocycles. The minimum Gasteiger partial charge on any atom is -0.395 e. The Morgan fingerprint density at radius 3 is 2.85 bits per heavy atom. The second-order valence-corrected chi connectivity index (χ2v) is 6.81. The summed E-state index contributed by atoms with van der Waals surface area (Å²) in [5.74, 6) is -0.112. The lowest BCUT2D eigenvalue weighted by Crippen LogP contribution is -2.29. The zero-order chi connectivity index (χ0) is 18.9. The van der Waals surface area contributed by atoms with E-state index in [4.69, 9.17) is 4.74 Å². The molecule has 7 nitrogen and oxygen atoms in total. The van der Waals surface area contributed by atoms with Gasteiger partial charge in [-0.25, -0.2) is 4.79 Å². The van der Waals surface area contributed by atoms with Gasteiger partial charge in [-0.2, -0.15) is 4.99 Å². The number of fused-ring (bicyclic) bond motifs is 1. The molecule has 1 aliphatic rings. The monoisotopic (exact) mass is 385 g/mol. The lowest BCUT2D eigenvalue weighted by atomic mass is 10.3. The van der Waals surface area contributed by atoms with Crippen LogP contribution in [0.4, 0.5) is 13.6 Å². The molecule has 1 aromatic carbocycles. The summed E-state index contributed by atoms with van der Waals surface area (Å²) in [6.45, 7) is 2.67. The summed E-state index contributed by atoms with van der Waals surface area (Å²) in [6.07, 6.45) is -1.91. The quantitative estimate of drug-likeness (QED) is 0.812. The first kappa shape index (κ1) is 18.3. The number of halogens is 2. The summed E-state index contributed by atoms with van der Waals surface area (Å²) in [7, 11) is 3.17. The smallest absolute Gasteiger partial charge is 0.395 e. The van der Waals surface area contributed by atoms with Crippen molar-refractivity contribution in [1.82, 2.24) is 9.47 Å². The Morgan fingerprint density at radius 2 is 2.12 bits per heavy atom. The molecule has 0 saturated carbocycles. The maximum absolute atomic E-state index is 13.2. The average molecular weight is 385 g/mol. The highest BCUT2D eigenvalue weighted by Crippen LogP contribution is 2.41. The standard InChI is InChI=1S/C16H17F2N3O4S/c1-10-9-21(15(26-10)19-14(22)20(2)6-7-23-3)11-4-5-12-13(8-11)25-16(17,18)24-12/h4-5,8-9H,6-7H2,1-3H3. The number of thiazole rings is 1. The zero-order valence-corrected chi connectivity index (χ0v) is 15.2. The summed E-state index contributed by atoms with van der Waals surface area (Å²) in [4.78, 5) is 19.1. The molecule has 1 aromatic heterocycles. The number of nitrogens with zero attached hydrogens (tertiary/aromatic N) is 3. The van der Waals surface area contributed by atoms with E-state index >= 15 is 0 Å². The first-order valence-corrected chi connectivity index (χ1v) is 8.49. The number of aromatic nitrogens is 1. The molecule has 0 saturated heterocycles. The van der Waals surface area contributed by atoms with E-state index in [9.17, 15) is 13.6 Å². The molecule has 26 heavy (non-hydrogen) atoms. The average Bonchev–Trinajstić information content (AvgIpc) is 3.09. The lowest BCUT2D eigenvalue weighted by molar-refractivity contribution is -0.286. The Hall–Kier alpha value is -2.46. The van der Waals surface area contributed by atoms with Gasteiger partial charge in [0.25, 0.3) is 0 Å². The topological polar surface area (TPSA) is 65.3 Å². The van der Waals surface area contributed by atoms with Gasteiger partial charge in [-0.1, -0.05) is 0 Å². The largest absolute Gasteiger partial charge is 0.586 e. The van der Waals surface area contributed by atoms with Crippen LogP contribution in [-0.4, -0.2) is 49.1 Å². The number of carbonyl (C=O) groups excluding carboxylic acids is 1. The van der Waals surface area contributed by atoms with E-state index in [-0.39, 0.29) is 11.5 Å². The molecule has 1 aliphatic heterocycles. The van der Waals surface area contributed by atoms with Crippen molar-refractivity contribution in [2.24, 2.45) is 4.99 Å². The van der Waals surface area contributed by atoms with Crippen LogP contribution in [0.2, 0.25) is 0 Å². The normalized spacial score (nSPS) is 15.3. The van der Waals surface area contributed by atoms with E-state index in [1.165, 1.54) is 28.4 Å². The molecule has 0 unspecified atom stereocenters. The van der Waals surface area contributed by atoms with Crippen LogP contribution in [0.25, 0.3) is 5.69 Å². The van der Waals surface area contributed by atoms with Gasteiger partial charge in [0, 0.05) is 37.8 Å². The van der Waals surface area contributed by atoms with Crippen LogP contribution in [0.15, 0.2) is 29.4 Å². The molecule has 2 aromatic rings. The fourth-order valence-corrected chi connectivity index (χ4v) is 3.12. The number of urea groups is 1. The van der Waals surface area contributed by atoms with Crippen LogP contribution in [-0.2, 0) is 4.74 Å². The second kappa shape index (κ2) is 7.04. The molecule has 0 N–H and O–H groups in total. The predicted molar refractivity (Wildman–Crippen MR) is 90.1 cm³/mol. The van der Waals surface area contributed by atoms with Crippen LogP contribution in [0.5, 0.6) is 11.5 Å². The van der Waals surface area contributed by atoms with Gasteiger partial charge in [0.05, 0.1) is 12.3 Å². The number of likely N-dealkylation sites (N-methyl/N-ethyl adjacent to an activating group) is 1. The van der Waals surface area contributed by atoms with Crippen molar-refractivity contribution in [3.8, 4) is 17.2 Å². The van der Waals surface area contributed by atoms with Crippen LogP contribution >= 0.6 is 11.3 Å². The number of carbonyl (C=O) groups is 1. The highest BCUT2D eigenvalue weighted by atomic mass is 32.1. The number of hydrogen-bond donors (Lipinski definition) is 0. The summed E-state index contributed by atoms with van der Waals surface area (Å²) in [6, 6.07) is 3.97. The van der Waals surface area contributed by atoms with E-state index in [0.29, 0.717) is 23.6 Å². The Kier molecular flexibility index (Phi) is 4.97. The Balaban J connectivity index is 1.94. The number of ether oxygens (including phenoxy) is 3. The SMILES string of the molecule is COCCN(C)C(=O)N=c1sc(C)cn1-c1ccc2c(c1)OC(F)(F)O2. The second-order valence-electron chi connectivity index (χ2n) is 5.60. The van der Waals surface area contributed by atoms with Gasteiger partial charge in [-0.3, -0.25) is 4.57 Å². The van der Waals surface area contributed by atoms with Crippen molar-refractivity contribution >= 4 is 17.4 Å². The number of amides is 2. The fourth-order valence-electron chi connectivity index (χ4n) is 2.30. The van der Waals surface area contributed by atoms with Crippen LogP contribution in [0.1, 0.15) is 4.88 Å². The van der Waals surface area contributed by atoms with Gasteiger partial charge in [0.1, 0.15) is 0 Å². The number of benzene rings is 1. The number of hydrogen-bond acceptors (Lipinski definition) is 5. The Bertz CT molecular complexity index is 894. The molecule has 0 fully saturated rings. The highest BCUT2D eigenvalue weighted by molar-refractivity contribution is 7.09. The molecule has 2 heterocycles. The molecular formula is C16H17F2N3O4S. The molecule has 140 valence electrons. The van der Waals surface area contributed by atoms with Crippen molar-refractivity contribution in [3.63, 3.8) is 0 Å². The van der Waals surface area contributed by atoms with Gasteiger partial charge < -0.3 is 19.1 Å². The summed E-state index contributed by atoms with van der Waals surface area (Å²) >= 11 is 1.31. The van der Waals surface area contributed by atoms with Crippen LogP contribution in [0, 0.1) is 6.92 Å². The summed E-state index contributed by atoms with van der Waals surface area (Å²) in [5, 5.41) is 0. The maximum atomic E-state index is 13.2. The zero-order valence-electron chi connectivity index (χ0n) is 14.4. The third-order valence-electron chi connectivity index (χ3n) is 3.58. The third kappa shape index (κ3) is 3.86. The molecule has 2 amide bonds. The van der Waals surface area contributed by atoms with Crippen LogP contribution in [0.3, 0.4) is 0 Å². The summed E-state index contributed by atoms with van der Waals surface area (Å²) in [5.41, 5.74) is 0.528. The van der Waals surface area contributed by atoms with Crippen molar-refractivity contribution in [3.05, 3.63) is 34.1 Å². The van der Waals surface area contributed by atoms with Gasteiger partial charge in [0.2, 0.25) is 0 Å². The highest BCUT2D eigenvalue weighted by Gasteiger charge is 2.43. The maximum Gasteiger partial charge on any atom is 0.586 e. The lowest BCUT2D eigenvalue weighted by Gasteiger charge is -2.12. The van der Waals surface area contributed by atoms with Gasteiger partial charge in [0.15, 0.2) is 16.3 Å². The molecule has 10 heteroatoms. The van der Waals surface area contributed by atoms with E-state index < -0.39 is 12.3 Å². The molecule has 0 bridgehead atoms. The van der Waals surface area contributed by atoms with E-state index in [0.717, 1.165) is 4.88 Å². The molecule has 3 rings (SSSR count). The van der Waals surface area contributed by atoms with Crippen molar-refractivity contribution in [1.29, 1.82) is 0 Å². The predicted octanol–water partition coefficient (Wildman–Crippen LogP) is 2.77. The fraction of sp³-hybridized carbons (Fsp3) is 0.375. The van der Waals surface area contributed by atoms with E-state index in [2.05, 4.69) is 14.5 Å². The van der Waals surface area contributed by atoms with Crippen LogP contribution < -0.4 is 14.3 Å². The minimum atomic E-state index is -3.68. The number of methoxy groups -OCH3 is 1. The first-order valence-electron chi connectivity index (χ1n) is 7.67. The van der Waals surface area contributed by atoms with Gasteiger partial charge in [-0.15, -0.1) is 20.1 Å². The molecular weight excluding hydrogens is 368 g/mol. The number of alkyl halides is 2. The Labute approximate surface area is 152 Å². The van der Waals surface area contributed by atoms with Crippen molar-refractivity contribution in [2.45, 2.75) is 13.2 Å². The first-order chi connectivity index (χ1) is 12.3. The van der Waals surface area contributed by atoms with E-state index in [1.54, 1.807) is 31.0 Å². The Morgan fingerprint density at radius 1 is 1.38 bits per heavy atom. The summed E-state index contributed by atoms with van der Waals surface area (Å²) < 4.78 is 41.8. The third-order valence-corrected chi connectivity index (χ3v) is 4.48. The van der Waals surface area contributed by atoms with Gasteiger partial charge in [-0.05, 0) is 19.1 Å². The molecule has 0 radical (unpaired) electrons. The van der Waals surface area contributed by atoms with Crippen molar-refractivity contribution in [2.75, 3.05) is 27.3 Å². The number of rotatable bonds is 4.